The average Bonchev–Trinajstić information content (AvgIpc) is 2.28. The van der Waals surface area contributed by atoms with Crippen LogP contribution < -0.4 is 0 Å². The summed E-state index contributed by atoms with van der Waals surface area (Å²) in [5.41, 5.74) is 0. The van der Waals surface area contributed by atoms with E-state index >= 15 is 0 Å². The van der Waals surface area contributed by atoms with Gasteiger partial charge in [0.05, 0.1) is 10.2 Å². The zero-order valence-corrected chi connectivity index (χ0v) is 12.4. The van der Waals surface area contributed by atoms with Crippen LogP contribution in [0.2, 0.25) is 0 Å². The highest BCUT2D eigenvalue weighted by atomic mass is 127. The summed E-state index contributed by atoms with van der Waals surface area (Å²) in [6.45, 7) is 3.57. The standard InChI is InChI=1S/C12H19F2IO2/c1-3-5-6-7-8-9-10(15)12(13,14)11(16)17-4-2/h9H,3-8H2,1-2H3. The first-order valence-electron chi connectivity index (χ1n) is 5.88. The molecule has 0 aliphatic carbocycles. The van der Waals surface area contributed by atoms with Gasteiger partial charge in [-0.05, 0) is 42.4 Å². The van der Waals surface area contributed by atoms with Gasteiger partial charge in [0.1, 0.15) is 0 Å². The lowest BCUT2D eigenvalue weighted by Gasteiger charge is -2.13. The molecular weight excluding hydrogens is 341 g/mol. The van der Waals surface area contributed by atoms with Gasteiger partial charge in [0.15, 0.2) is 0 Å². The fourth-order valence-electron chi connectivity index (χ4n) is 1.25. The minimum absolute atomic E-state index is 0.0329. The maximum absolute atomic E-state index is 13.4. The van der Waals surface area contributed by atoms with Crippen molar-refractivity contribution in [1.82, 2.24) is 0 Å². The maximum atomic E-state index is 13.4. The molecule has 0 aromatic heterocycles. The zero-order valence-electron chi connectivity index (χ0n) is 10.3. The van der Waals surface area contributed by atoms with Gasteiger partial charge in [-0.3, -0.25) is 0 Å². The first kappa shape index (κ1) is 16.8. The lowest BCUT2D eigenvalue weighted by molar-refractivity contribution is -0.164. The Labute approximate surface area is 115 Å². The highest BCUT2D eigenvalue weighted by Crippen LogP contribution is 2.31. The number of hydrogen-bond acceptors (Lipinski definition) is 2. The fraction of sp³-hybridized carbons (Fsp3) is 0.750. The van der Waals surface area contributed by atoms with Crippen LogP contribution in [0.15, 0.2) is 9.66 Å². The summed E-state index contributed by atoms with van der Waals surface area (Å²) in [6, 6.07) is 0. The smallest absolute Gasteiger partial charge is 0.382 e. The third-order valence-electron chi connectivity index (χ3n) is 2.21. The van der Waals surface area contributed by atoms with Crippen molar-refractivity contribution in [3.63, 3.8) is 0 Å². The summed E-state index contributed by atoms with van der Waals surface area (Å²) in [5.74, 6) is -4.96. The molecule has 0 fully saturated rings. The summed E-state index contributed by atoms with van der Waals surface area (Å²) in [4.78, 5) is 11.0. The van der Waals surface area contributed by atoms with E-state index in [0.29, 0.717) is 6.42 Å². The third-order valence-corrected chi connectivity index (χ3v) is 3.33. The van der Waals surface area contributed by atoms with Gasteiger partial charge in [-0.2, -0.15) is 8.78 Å². The molecule has 5 heteroatoms. The Bertz CT molecular complexity index is 265. The van der Waals surface area contributed by atoms with Crippen molar-refractivity contribution in [3.05, 3.63) is 9.66 Å². The average molecular weight is 360 g/mol. The van der Waals surface area contributed by atoms with E-state index in [1.807, 2.05) is 0 Å². The Morgan fingerprint density at radius 3 is 2.47 bits per heavy atom. The van der Waals surface area contributed by atoms with Crippen LogP contribution in [0.3, 0.4) is 0 Å². The molecule has 0 aliphatic rings. The van der Waals surface area contributed by atoms with E-state index in [4.69, 9.17) is 0 Å². The molecule has 17 heavy (non-hydrogen) atoms. The van der Waals surface area contributed by atoms with Gasteiger partial charge >= 0.3 is 11.9 Å². The lowest BCUT2D eigenvalue weighted by atomic mass is 10.1. The van der Waals surface area contributed by atoms with Crippen LogP contribution in [0.25, 0.3) is 0 Å². The van der Waals surface area contributed by atoms with E-state index in [1.54, 1.807) is 0 Å². The summed E-state index contributed by atoms with van der Waals surface area (Å²) in [5, 5.41) is 0. The highest BCUT2D eigenvalue weighted by molar-refractivity contribution is 14.1. The maximum Gasteiger partial charge on any atom is 0.382 e. The number of esters is 1. The van der Waals surface area contributed by atoms with Crippen LogP contribution in [0, 0.1) is 0 Å². The van der Waals surface area contributed by atoms with Crippen LogP contribution in [-0.4, -0.2) is 18.5 Å². The van der Waals surface area contributed by atoms with E-state index in [9.17, 15) is 13.6 Å². The second kappa shape index (κ2) is 8.83. The van der Waals surface area contributed by atoms with Crippen LogP contribution >= 0.6 is 22.6 Å². The molecule has 0 bridgehead atoms. The summed E-state index contributed by atoms with van der Waals surface area (Å²) < 4.78 is 30.9. The molecule has 0 rings (SSSR count). The van der Waals surface area contributed by atoms with Crippen molar-refractivity contribution >= 4 is 28.6 Å². The third kappa shape index (κ3) is 6.33. The lowest BCUT2D eigenvalue weighted by Crippen LogP contribution is -2.31. The van der Waals surface area contributed by atoms with Gasteiger partial charge in [0.2, 0.25) is 0 Å². The second-order valence-electron chi connectivity index (χ2n) is 3.70. The molecule has 0 aromatic rings. The number of allylic oxidation sites excluding steroid dienone is 1. The van der Waals surface area contributed by atoms with Crippen molar-refractivity contribution in [2.45, 2.75) is 51.9 Å². The van der Waals surface area contributed by atoms with Gasteiger partial charge < -0.3 is 4.74 Å². The number of hydrogen-bond donors (Lipinski definition) is 0. The quantitative estimate of drug-likeness (QED) is 0.363. The monoisotopic (exact) mass is 360 g/mol. The molecular formula is C12H19F2IO2. The first-order valence-corrected chi connectivity index (χ1v) is 6.95. The Kier molecular flexibility index (Phi) is 8.72. The number of rotatable bonds is 8. The van der Waals surface area contributed by atoms with Crippen LogP contribution in [0.5, 0.6) is 0 Å². The molecule has 0 unspecified atom stereocenters. The normalized spacial score (nSPS) is 12.6. The number of carbonyl (C=O) groups excluding carboxylic acids is 1. The van der Waals surface area contributed by atoms with Crippen LogP contribution in [0.4, 0.5) is 8.78 Å². The summed E-state index contributed by atoms with van der Waals surface area (Å²) in [7, 11) is 0. The van der Waals surface area contributed by atoms with Crippen molar-refractivity contribution in [3.8, 4) is 0 Å². The predicted molar refractivity (Wildman–Crippen MR) is 72.4 cm³/mol. The fourth-order valence-corrected chi connectivity index (χ4v) is 1.78. The Balaban J connectivity index is 4.21. The number of alkyl halides is 2. The minimum atomic E-state index is -3.50. The van der Waals surface area contributed by atoms with Crippen LogP contribution in [0.1, 0.15) is 46.0 Å². The van der Waals surface area contributed by atoms with Gasteiger partial charge in [0, 0.05) is 0 Å². The molecule has 100 valence electrons. The van der Waals surface area contributed by atoms with Crippen molar-refractivity contribution < 1.29 is 18.3 Å². The summed E-state index contributed by atoms with van der Waals surface area (Å²) in [6.07, 6.45) is 6.13. The van der Waals surface area contributed by atoms with Gasteiger partial charge in [0.25, 0.3) is 0 Å². The minimum Gasteiger partial charge on any atom is -0.461 e. The van der Waals surface area contributed by atoms with E-state index in [-0.39, 0.29) is 10.2 Å². The molecule has 0 atom stereocenters. The molecule has 0 heterocycles. The largest absolute Gasteiger partial charge is 0.461 e. The Morgan fingerprint density at radius 2 is 1.94 bits per heavy atom. The molecule has 0 radical (unpaired) electrons. The first-order chi connectivity index (χ1) is 7.96. The van der Waals surface area contributed by atoms with Crippen molar-refractivity contribution in [2.75, 3.05) is 6.61 Å². The predicted octanol–water partition coefficient (Wildman–Crippen LogP) is 4.47. The number of ether oxygens (including phenoxy) is 1. The number of unbranched alkanes of at least 4 members (excludes halogenated alkanes) is 4. The molecule has 0 spiro atoms. The molecule has 0 saturated carbocycles. The van der Waals surface area contributed by atoms with Gasteiger partial charge in [-0.15, -0.1) is 0 Å². The molecule has 0 aromatic carbocycles. The Morgan fingerprint density at radius 1 is 1.29 bits per heavy atom. The van der Waals surface area contributed by atoms with Gasteiger partial charge in [-0.1, -0.05) is 32.3 Å². The van der Waals surface area contributed by atoms with E-state index in [2.05, 4.69) is 11.7 Å². The van der Waals surface area contributed by atoms with Crippen molar-refractivity contribution in [2.24, 2.45) is 0 Å². The van der Waals surface area contributed by atoms with E-state index in [0.717, 1.165) is 25.7 Å². The SMILES string of the molecule is CCCCCCC=C(I)C(F)(F)C(=O)OCC. The van der Waals surface area contributed by atoms with E-state index in [1.165, 1.54) is 35.6 Å². The Hall–Kier alpha value is -0.200. The molecule has 2 nitrogen and oxygen atoms in total. The van der Waals surface area contributed by atoms with Gasteiger partial charge in [-0.25, -0.2) is 4.79 Å². The molecule has 0 amide bonds. The molecule has 0 N–H and O–H groups in total. The zero-order chi connectivity index (χ0) is 13.3. The highest BCUT2D eigenvalue weighted by Gasteiger charge is 2.43. The molecule has 0 saturated heterocycles. The number of carbonyl (C=O) groups is 1. The number of halogens is 3. The van der Waals surface area contributed by atoms with Crippen LogP contribution in [-0.2, 0) is 9.53 Å². The van der Waals surface area contributed by atoms with E-state index < -0.39 is 11.9 Å². The molecule has 0 aliphatic heterocycles. The second-order valence-corrected chi connectivity index (χ2v) is 4.86. The van der Waals surface area contributed by atoms with Crippen molar-refractivity contribution in [1.29, 1.82) is 0 Å². The summed E-state index contributed by atoms with van der Waals surface area (Å²) >= 11 is 1.51. The topological polar surface area (TPSA) is 26.3 Å².